The number of nitrogens with one attached hydrogen (secondary N) is 1. The number of H-pyrrole nitrogens is 1. The summed E-state index contributed by atoms with van der Waals surface area (Å²) in [6, 6.07) is 5.80. The molecule has 0 bridgehead atoms. The fourth-order valence-corrected chi connectivity index (χ4v) is 3.45. The fourth-order valence-electron chi connectivity index (χ4n) is 3.45. The number of hydrogen-bond donors (Lipinski definition) is 2. The first-order valence-electron chi connectivity index (χ1n) is 8.30. The largest absolute Gasteiger partial charge is 0.493 e. The first kappa shape index (κ1) is 16.4. The summed E-state index contributed by atoms with van der Waals surface area (Å²) in [5, 5.41) is 0.950. The molecule has 3 rings (SSSR count). The lowest BCUT2D eigenvalue weighted by molar-refractivity contribution is -0.129. The van der Waals surface area contributed by atoms with Gasteiger partial charge in [-0.2, -0.15) is 0 Å². The summed E-state index contributed by atoms with van der Waals surface area (Å²) in [6.07, 6.45) is 2.14. The molecule has 128 valence electrons. The number of primary amides is 1. The molecule has 1 fully saturated rings. The van der Waals surface area contributed by atoms with Gasteiger partial charge < -0.3 is 20.4 Å². The van der Waals surface area contributed by atoms with Crippen LogP contribution in [0, 0.1) is 11.8 Å². The summed E-state index contributed by atoms with van der Waals surface area (Å²) >= 11 is 0. The maximum absolute atomic E-state index is 12.7. The monoisotopic (exact) mass is 329 g/mol. The number of nitrogens with zero attached hydrogens (tertiary/aromatic N) is 1. The van der Waals surface area contributed by atoms with Gasteiger partial charge in [0.2, 0.25) is 11.8 Å². The summed E-state index contributed by atoms with van der Waals surface area (Å²) < 4.78 is 5.68. The zero-order chi connectivity index (χ0) is 17.3. The zero-order valence-electron chi connectivity index (χ0n) is 14.0. The molecule has 0 radical (unpaired) electrons. The number of benzene rings is 1. The molecule has 24 heavy (non-hydrogen) atoms. The summed E-state index contributed by atoms with van der Waals surface area (Å²) in [4.78, 5) is 29.0. The van der Waals surface area contributed by atoms with Gasteiger partial charge in [-0.1, -0.05) is 13.0 Å². The number of carbonyl (C=O) groups excluding carboxylic acids is 2. The predicted molar refractivity (Wildman–Crippen MR) is 91.6 cm³/mol. The molecule has 3 N–H and O–H groups in total. The first-order valence-corrected chi connectivity index (χ1v) is 8.30. The number of hydrogen-bond acceptors (Lipinski definition) is 3. The van der Waals surface area contributed by atoms with Crippen molar-refractivity contribution < 1.29 is 14.3 Å². The molecular weight excluding hydrogens is 306 g/mol. The zero-order valence-corrected chi connectivity index (χ0v) is 14.0. The summed E-state index contributed by atoms with van der Waals surface area (Å²) in [7, 11) is 0. The number of amides is 2. The van der Waals surface area contributed by atoms with Crippen molar-refractivity contribution in [2.75, 3.05) is 19.7 Å². The van der Waals surface area contributed by atoms with Gasteiger partial charge in [-0.25, -0.2) is 0 Å². The molecule has 0 aliphatic carbocycles. The molecule has 2 heterocycles. The highest BCUT2D eigenvalue weighted by atomic mass is 16.5. The van der Waals surface area contributed by atoms with Gasteiger partial charge in [0.15, 0.2) is 0 Å². The predicted octanol–water partition coefficient (Wildman–Crippen LogP) is 1.69. The second-order valence-electron chi connectivity index (χ2n) is 6.39. The van der Waals surface area contributed by atoms with Gasteiger partial charge >= 0.3 is 0 Å². The van der Waals surface area contributed by atoms with E-state index in [1.54, 1.807) is 4.90 Å². The van der Waals surface area contributed by atoms with E-state index in [0.29, 0.717) is 19.7 Å². The normalized spacial score (nSPS) is 20.5. The smallest absolute Gasteiger partial charge is 0.227 e. The van der Waals surface area contributed by atoms with Crippen LogP contribution < -0.4 is 10.5 Å². The lowest BCUT2D eigenvalue weighted by Crippen LogP contribution is -2.32. The van der Waals surface area contributed by atoms with Crippen molar-refractivity contribution in [3.63, 3.8) is 0 Å². The van der Waals surface area contributed by atoms with E-state index in [0.717, 1.165) is 22.2 Å². The highest BCUT2D eigenvalue weighted by molar-refractivity contribution is 5.93. The van der Waals surface area contributed by atoms with Crippen molar-refractivity contribution in [3.05, 3.63) is 30.0 Å². The molecule has 1 aliphatic heterocycles. The molecule has 1 aliphatic rings. The van der Waals surface area contributed by atoms with Gasteiger partial charge in [0, 0.05) is 30.2 Å². The molecule has 0 unspecified atom stereocenters. The van der Waals surface area contributed by atoms with Crippen LogP contribution in [0.2, 0.25) is 0 Å². The highest BCUT2D eigenvalue weighted by Gasteiger charge is 2.35. The van der Waals surface area contributed by atoms with Crippen LogP contribution in [0.5, 0.6) is 5.75 Å². The average molecular weight is 329 g/mol. The Kier molecular flexibility index (Phi) is 4.46. The molecule has 6 heteroatoms. The lowest BCUT2D eigenvalue weighted by atomic mass is 9.98. The second kappa shape index (κ2) is 6.55. The van der Waals surface area contributed by atoms with Crippen molar-refractivity contribution in [2.45, 2.75) is 20.3 Å². The number of aromatic amines is 1. The van der Waals surface area contributed by atoms with Gasteiger partial charge in [0.1, 0.15) is 5.75 Å². The number of ether oxygens (including phenoxy) is 1. The van der Waals surface area contributed by atoms with Crippen molar-refractivity contribution >= 4 is 22.7 Å². The third-order valence-electron chi connectivity index (χ3n) is 4.72. The molecule has 1 saturated heterocycles. The number of likely N-dealkylation sites (tertiary alicyclic amines) is 1. The van der Waals surface area contributed by atoms with Crippen molar-refractivity contribution in [1.29, 1.82) is 0 Å². The maximum Gasteiger partial charge on any atom is 0.227 e. The van der Waals surface area contributed by atoms with E-state index in [9.17, 15) is 9.59 Å². The lowest BCUT2D eigenvalue weighted by Gasteiger charge is -2.16. The minimum absolute atomic E-state index is 0.0119. The van der Waals surface area contributed by atoms with E-state index in [4.69, 9.17) is 10.5 Å². The van der Waals surface area contributed by atoms with Crippen molar-refractivity contribution in [3.8, 4) is 5.75 Å². The van der Waals surface area contributed by atoms with E-state index in [1.807, 2.05) is 38.2 Å². The second-order valence-corrected chi connectivity index (χ2v) is 6.39. The average Bonchev–Trinajstić information content (AvgIpc) is 3.12. The van der Waals surface area contributed by atoms with Crippen LogP contribution in [0.15, 0.2) is 24.4 Å². The topological polar surface area (TPSA) is 88.4 Å². The molecule has 2 amide bonds. The molecule has 0 saturated carbocycles. The molecule has 2 atom stereocenters. The Balaban J connectivity index is 1.80. The minimum atomic E-state index is -0.330. The van der Waals surface area contributed by atoms with Gasteiger partial charge in [-0.05, 0) is 30.5 Å². The van der Waals surface area contributed by atoms with Gasteiger partial charge in [0.25, 0.3) is 0 Å². The van der Waals surface area contributed by atoms with E-state index < -0.39 is 0 Å². The van der Waals surface area contributed by atoms with Crippen molar-refractivity contribution in [1.82, 2.24) is 9.88 Å². The van der Waals surface area contributed by atoms with Crippen LogP contribution in [0.4, 0.5) is 0 Å². The van der Waals surface area contributed by atoms with E-state index in [1.165, 1.54) is 0 Å². The molecule has 6 nitrogen and oxygen atoms in total. The Hall–Kier alpha value is -2.50. The Labute approximate surface area is 141 Å². The van der Waals surface area contributed by atoms with E-state index in [2.05, 4.69) is 4.98 Å². The Morgan fingerprint density at radius 1 is 1.38 bits per heavy atom. The third kappa shape index (κ3) is 2.96. The van der Waals surface area contributed by atoms with Gasteiger partial charge in [0.05, 0.1) is 18.9 Å². The molecule has 1 aromatic carbocycles. The molecule has 2 aromatic rings. The van der Waals surface area contributed by atoms with Crippen LogP contribution >= 0.6 is 0 Å². The number of fused-ring (bicyclic) bond motifs is 1. The Bertz CT molecular complexity index is 768. The maximum atomic E-state index is 12.7. The summed E-state index contributed by atoms with van der Waals surface area (Å²) in [5.41, 5.74) is 7.28. The van der Waals surface area contributed by atoms with Gasteiger partial charge in [-0.3, -0.25) is 9.59 Å². The van der Waals surface area contributed by atoms with E-state index in [-0.39, 0.29) is 30.1 Å². The molecule has 1 aromatic heterocycles. The van der Waals surface area contributed by atoms with Crippen LogP contribution in [-0.2, 0) is 16.0 Å². The van der Waals surface area contributed by atoms with Gasteiger partial charge in [-0.15, -0.1) is 0 Å². The van der Waals surface area contributed by atoms with Crippen LogP contribution in [0.3, 0.4) is 0 Å². The minimum Gasteiger partial charge on any atom is -0.493 e. The first-order chi connectivity index (χ1) is 11.5. The Morgan fingerprint density at radius 3 is 2.83 bits per heavy atom. The number of aromatic nitrogens is 1. The fraction of sp³-hybridized carbons (Fsp3) is 0.444. The van der Waals surface area contributed by atoms with Crippen LogP contribution in [0.25, 0.3) is 10.9 Å². The summed E-state index contributed by atoms with van der Waals surface area (Å²) in [5.74, 6) is 0.314. The van der Waals surface area contributed by atoms with Crippen molar-refractivity contribution in [2.24, 2.45) is 17.6 Å². The number of nitrogens with two attached hydrogens (primary N) is 1. The Morgan fingerprint density at radius 2 is 2.17 bits per heavy atom. The quantitative estimate of drug-likeness (QED) is 0.875. The third-order valence-corrected chi connectivity index (χ3v) is 4.72. The molecule has 0 spiro atoms. The van der Waals surface area contributed by atoms with E-state index >= 15 is 0 Å². The van der Waals surface area contributed by atoms with Crippen LogP contribution in [-0.4, -0.2) is 41.4 Å². The number of carbonyl (C=O) groups is 2. The highest BCUT2D eigenvalue weighted by Crippen LogP contribution is 2.30. The summed E-state index contributed by atoms with van der Waals surface area (Å²) in [6.45, 7) is 5.46. The number of rotatable bonds is 5. The molecular formula is C18H23N3O3. The standard InChI is InChI=1S/C18H23N3O3/c1-3-24-15-6-4-5-14-17(15)12(8-20-14)7-16(22)21-9-11(2)13(10-21)18(19)23/h4-6,8,11,13,20H,3,7,9-10H2,1-2H3,(H2,19,23)/t11-,13-/m1/s1. The SMILES string of the molecule is CCOc1cccc2[nH]cc(CC(=O)N3C[C@@H](C)[C@H](C(N)=O)C3)c12. The van der Waals surface area contributed by atoms with Crippen LogP contribution in [0.1, 0.15) is 19.4 Å².